The summed E-state index contributed by atoms with van der Waals surface area (Å²) in [5.74, 6) is 0. The minimum atomic E-state index is -0.495. The van der Waals surface area contributed by atoms with Crippen molar-refractivity contribution in [1.82, 2.24) is 0 Å². The molecular weight excluding hydrogens is 310 g/mol. The third-order valence-electron chi connectivity index (χ3n) is 5.02. The molecule has 3 nitrogen and oxygen atoms in total. The molecule has 1 aliphatic heterocycles. The quantitative estimate of drug-likeness (QED) is 0.615. The molecule has 3 aromatic rings. The van der Waals surface area contributed by atoms with E-state index in [2.05, 4.69) is 0 Å². The number of halogens is 1. The summed E-state index contributed by atoms with van der Waals surface area (Å²) in [7, 11) is -0.495. The number of para-hydroxylation sites is 1. The maximum Gasteiger partial charge on any atom is 0.496 e. The van der Waals surface area contributed by atoms with Gasteiger partial charge in [-0.15, -0.1) is 0 Å². The Hall–Kier alpha value is -1.49. The topological polar surface area (TPSA) is 31.6 Å². The second-order valence-corrected chi connectivity index (χ2v) is 7.41. The average Bonchev–Trinajstić information content (AvgIpc) is 2.95. The van der Waals surface area contributed by atoms with Gasteiger partial charge in [0.25, 0.3) is 0 Å². The van der Waals surface area contributed by atoms with Crippen molar-refractivity contribution in [2.45, 2.75) is 38.9 Å². The number of hydrogen-bond donors (Lipinski definition) is 0. The summed E-state index contributed by atoms with van der Waals surface area (Å²) in [5.41, 5.74) is 1.51. The number of benzene rings is 2. The van der Waals surface area contributed by atoms with Crippen molar-refractivity contribution in [2.75, 3.05) is 0 Å². The highest BCUT2D eigenvalue weighted by atomic mass is 35.5. The molecule has 0 amide bonds. The van der Waals surface area contributed by atoms with Gasteiger partial charge in [-0.2, -0.15) is 0 Å². The molecule has 0 atom stereocenters. The molecule has 5 heteroatoms. The predicted molar refractivity (Wildman–Crippen MR) is 94.4 cm³/mol. The van der Waals surface area contributed by atoms with E-state index in [0.29, 0.717) is 10.6 Å². The molecule has 0 radical (unpaired) electrons. The molecule has 0 saturated carbocycles. The highest BCUT2D eigenvalue weighted by molar-refractivity contribution is 6.66. The Morgan fingerprint density at radius 2 is 1.52 bits per heavy atom. The molecule has 1 aliphatic rings. The largest absolute Gasteiger partial charge is 0.496 e. The van der Waals surface area contributed by atoms with Crippen LogP contribution in [0.2, 0.25) is 5.02 Å². The highest BCUT2D eigenvalue weighted by Crippen LogP contribution is 2.38. The zero-order valence-corrected chi connectivity index (χ0v) is 14.4. The van der Waals surface area contributed by atoms with E-state index in [-0.39, 0.29) is 0 Å². The van der Waals surface area contributed by atoms with Crippen LogP contribution >= 0.6 is 11.6 Å². The fourth-order valence-electron chi connectivity index (χ4n) is 2.92. The lowest BCUT2D eigenvalue weighted by Gasteiger charge is -2.32. The third kappa shape index (κ3) is 2.13. The average molecular weight is 329 g/mol. The van der Waals surface area contributed by atoms with Crippen LogP contribution in [0.3, 0.4) is 0 Å². The van der Waals surface area contributed by atoms with Crippen LogP contribution in [-0.2, 0) is 9.31 Å². The van der Waals surface area contributed by atoms with E-state index in [4.69, 9.17) is 25.3 Å². The van der Waals surface area contributed by atoms with Gasteiger partial charge in [0.15, 0.2) is 5.58 Å². The van der Waals surface area contributed by atoms with Crippen LogP contribution in [0.15, 0.2) is 40.8 Å². The zero-order valence-electron chi connectivity index (χ0n) is 13.6. The molecule has 0 unspecified atom stereocenters. The first kappa shape index (κ1) is 15.1. The van der Waals surface area contributed by atoms with E-state index in [1.165, 1.54) is 0 Å². The van der Waals surface area contributed by atoms with Crippen molar-refractivity contribution in [2.24, 2.45) is 0 Å². The molecule has 1 saturated heterocycles. The summed E-state index contributed by atoms with van der Waals surface area (Å²) in [6.45, 7) is 8.11. The zero-order chi connectivity index (χ0) is 16.4. The van der Waals surface area contributed by atoms with Crippen LogP contribution in [0.4, 0.5) is 0 Å². The Bertz CT molecular complexity index is 897. The second kappa shape index (κ2) is 4.76. The van der Waals surface area contributed by atoms with Crippen LogP contribution in [-0.4, -0.2) is 18.3 Å². The van der Waals surface area contributed by atoms with Gasteiger partial charge in [-0.3, -0.25) is 0 Å². The van der Waals surface area contributed by atoms with Crippen LogP contribution in [0.5, 0.6) is 0 Å². The number of hydrogen-bond acceptors (Lipinski definition) is 3. The first-order chi connectivity index (χ1) is 10.8. The summed E-state index contributed by atoms with van der Waals surface area (Å²) in [4.78, 5) is 0. The van der Waals surface area contributed by atoms with Gasteiger partial charge in [0, 0.05) is 16.2 Å². The van der Waals surface area contributed by atoms with Gasteiger partial charge >= 0.3 is 7.12 Å². The minimum Gasteiger partial charge on any atom is -0.455 e. The Morgan fingerprint density at radius 3 is 2.22 bits per heavy atom. The standard InChI is InChI=1S/C18H18BClO3/c1-17(2)18(3,4)23-19(22-17)13-10-9-12-11-7-5-6-8-14(11)21-16(12)15(13)20/h5-10H,1-4H3. The van der Waals surface area contributed by atoms with Crippen molar-refractivity contribution >= 4 is 46.1 Å². The summed E-state index contributed by atoms with van der Waals surface area (Å²) < 4.78 is 18.2. The second-order valence-electron chi connectivity index (χ2n) is 7.03. The Morgan fingerprint density at radius 1 is 0.870 bits per heavy atom. The van der Waals surface area contributed by atoms with E-state index in [9.17, 15) is 0 Å². The molecule has 0 bridgehead atoms. The molecule has 0 N–H and O–H groups in total. The van der Waals surface area contributed by atoms with Crippen molar-refractivity contribution in [3.8, 4) is 0 Å². The Balaban J connectivity index is 1.86. The number of rotatable bonds is 1. The van der Waals surface area contributed by atoms with E-state index < -0.39 is 18.3 Å². The first-order valence-electron chi connectivity index (χ1n) is 7.75. The van der Waals surface area contributed by atoms with Crippen LogP contribution in [0.1, 0.15) is 27.7 Å². The number of fused-ring (bicyclic) bond motifs is 3. The Labute approximate surface area is 140 Å². The Kier molecular flexibility index (Phi) is 3.12. The van der Waals surface area contributed by atoms with Gasteiger partial charge in [0.1, 0.15) is 5.58 Å². The van der Waals surface area contributed by atoms with Gasteiger partial charge in [-0.25, -0.2) is 0 Å². The normalized spacial score (nSPS) is 19.8. The smallest absolute Gasteiger partial charge is 0.455 e. The maximum atomic E-state index is 6.63. The van der Waals surface area contributed by atoms with E-state index >= 15 is 0 Å². The highest BCUT2D eigenvalue weighted by Gasteiger charge is 2.52. The summed E-state index contributed by atoms with van der Waals surface area (Å²) in [6.07, 6.45) is 0. The van der Waals surface area contributed by atoms with Gasteiger partial charge in [0.05, 0.1) is 16.2 Å². The molecule has 118 valence electrons. The molecule has 0 spiro atoms. The number of furan rings is 1. The lowest BCUT2D eigenvalue weighted by molar-refractivity contribution is 0.00578. The van der Waals surface area contributed by atoms with Gasteiger partial charge in [-0.1, -0.05) is 41.9 Å². The molecule has 23 heavy (non-hydrogen) atoms. The van der Waals surface area contributed by atoms with Crippen molar-refractivity contribution in [3.63, 3.8) is 0 Å². The fraction of sp³-hybridized carbons (Fsp3) is 0.333. The molecular formula is C18H18BClO3. The van der Waals surface area contributed by atoms with Crippen molar-refractivity contribution in [3.05, 3.63) is 41.4 Å². The van der Waals surface area contributed by atoms with Crippen molar-refractivity contribution in [1.29, 1.82) is 0 Å². The molecule has 4 rings (SSSR count). The SMILES string of the molecule is CC1(C)OB(c2ccc3c(oc4ccccc43)c2Cl)OC1(C)C. The van der Waals surface area contributed by atoms with Gasteiger partial charge < -0.3 is 13.7 Å². The fourth-order valence-corrected chi connectivity index (χ4v) is 3.22. The van der Waals surface area contributed by atoms with Crippen LogP contribution in [0.25, 0.3) is 21.9 Å². The first-order valence-corrected chi connectivity index (χ1v) is 8.13. The van der Waals surface area contributed by atoms with Gasteiger partial charge in [-0.05, 0) is 33.8 Å². The van der Waals surface area contributed by atoms with E-state index in [1.54, 1.807) is 0 Å². The van der Waals surface area contributed by atoms with Crippen molar-refractivity contribution < 1.29 is 13.7 Å². The predicted octanol–water partition coefficient (Wildman–Crippen LogP) is 4.54. The lowest BCUT2D eigenvalue weighted by Crippen LogP contribution is -2.41. The lowest BCUT2D eigenvalue weighted by atomic mass is 9.78. The maximum absolute atomic E-state index is 6.63. The molecule has 0 aliphatic carbocycles. The summed E-state index contributed by atoms with van der Waals surface area (Å²) in [6, 6.07) is 11.9. The molecule has 1 aromatic heterocycles. The molecule has 2 heterocycles. The summed E-state index contributed by atoms with van der Waals surface area (Å²) >= 11 is 6.63. The molecule has 2 aromatic carbocycles. The van der Waals surface area contributed by atoms with Crippen LogP contribution < -0.4 is 5.46 Å². The van der Waals surface area contributed by atoms with Crippen LogP contribution in [0, 0.1) is 0 Å². The van der Waals surface area contributed by atoms with E-state index in [0.717, 1.165) is 21.8 Å². The van der Waals surface area contributed by atoms with E-state index in [1.807, 2.05) is 64.1 Å². The van der Waals surface area contributed by atoms with Gasteiger partial charge in [0.2, 0.25) is 0 Å². The monoisotopic (exact) mass is 328 g/mol. The molecule has 1 fully saturated rings. The minimum absolute atomic E-state index is 0.399. The third-order valence-corrected chi connectivity index (χ3v) is 5.41. The summed E-state index contributed by atoms with van der Waals surface area (Å²) in [5, 5.41) is 2.62.